The number of rotatable bonds is 16. The number of hydrogen-bond acceptors (Lipinski definition) is 19. The number of halogens is 3. The minimum absolute atomic E-state index is 0.0395. The molecule has 6 heterocycles. The zero-order valence-electron chi connectivity index (χ0n) is 60.9. The quantitative estimate of drug-likeness (QED) is 0.0849. The van der Waals surface area contributed by atoms with Gasteiger partial charge in [-0.2, -0.15) is 0 Å². The SMILES string of the molecule is CC1OCCN(S(C)(=O)=O)c2cc3oc(-c4ccc(Oc5ccc(F)cc5)cc4)c(C(=O)O)c3cc21.CCOC(=O)c1c(-c2ccc(Oc3ccc(F)cc3)cc2)oc2cc3c(cc12)C(C)OCCN3S(C)(=O)=O.CNC(=O)c1c(-c2ccc(Oc3ccc(F)cc3)cc2)oc2cc3c(cc12)C(C)OCCN3S(C)(=O)=O. The molecule has 3 unspecified atom stereocenters. The van der Waals surface area contributed by atoms with Gasteiger partial charge in [-0.25, -0.2) is 48.0 Å². The van der Waals surface area contributed by atoms with E-state index in [1.807, 2.05) is 13.8 Å². The van der Waals surface area contributed by atoms with Crippen LogP contribution in [0.5, 0.6) is 34.5 Å². The van der Waals surface area contributed by atoms with Crippen molar-refractivity contribution in [1.29, 1.82) is 0 Å². The number of carbonyl (C=O) groups is 3. The van der Waals surface area contributed by atoms with Crippen LogP contribution in [-0.2, 0) is 49.0 Å². The standard InChI is InChI=1S/C28H26FNO7S.C27H25FN2O6S.C26H22FNO7S/c1-4-34-28(31)26-23-15-22-17(2)35-14-13-30(38(3,32)33)24(22)16-25(23)37-27(26)18-5-9-20(10-6-18)36-21-11-7-19(29)8-12-21;1-16-21-14-22-24(15-23(21)30(12-13-34-16)37(3,32)33)36-26(25(22)27(31)29-2)17-4-8-19(9-5-17)35-20-10-6-18(28)7-11-20;1-15-20-13-21-23(14-22(20)28(11-12-33-15)36(2,31)32)35-25(24(21)26(29)30)16-3-7-18(8-4-16)34-19-9-5-17(27)6-10-19/h5-12,15-17H,4,13-14H2,1-3H3;4-11,14-16H,12-13H2,1-3H3,(H,29,31);3-10,13-15H,11-12H2,1-2H3,(H,29,30). The molecule has 24 nitrogen and oxygen atoms in total. The minimum Gasteiger partial charge on any atom is -0.478 e. The van der Waals surface area contributed by atoms with E-state index < -0.39 is 54.2 Å². The van der Waals surface area contributed by atoms with Crippen molar-refractivity contribution < 1.29 is 104 Å². The molecule has 15 rings (SSSR count). The molecule has 0 spiro atoms. The van der Waals surface area contributed by atoms with Crippen LogP contribution < -0.4 is 32.4 Å². The number of nitrogens with one attached hydrogen (secondary N) is 1. The van der Waals surface area contributed by atoms with Crippen molar-refractivity contribution in [2.75, 3.05) is 84.8 Å². The monoisotopic (exact) mass is 1570 g/mol. The Hall–Kier alpha value is -11.7. The lowest BCUT2D eigenvalue weighted by Crippen LogP contribution is -2.32. The zero-order valence-corrected chi connectivity index (χ0v) is 63.4. The molecule has 576 valence electrons. The van der Waals surface area contributed by atoms with Crippen LogP contribution >= 0.6 is 0 Å². The summed E-state index contributed by atoms with van der Waals surface area (Å²) < 4.78 is 177. The Morgan fingerprint density at radius 2 is 0.703 bits per heavy atom. The number of nitrogens with zero attached hydrogens (tertiary/aromatic N) is 3. The summed E-state index contributed by atoms with van der Waals surface area (Å²) in [6.07, 6.45) is 2.17. The van der Waals surface area contributed by atoms with E-state index in [9.17, 15) is 57.9 Å². The average Bonchev–Trinajstić information content (AvgIpc) is 1.61. The van der Waals surface area contributed by atoms with Gasteiger partial charge >= 0.3 is 11.9 Å². The van der Waals surface area contributed by atoms with Crippen molar-refractivity contribution >= 4 is 97.9 Å². The van der Waals surface area contributed by atoms with Crippen LogP contribution in [0.2, 0.25) is 0 Å². The zero-order chi connectivity index (χ0) is 79.0. The molecule has 12 aromatic rings. The van der Waals surface area contributed by atoms with Gasteiger partial charge in [-0.05, 0) is 191 Å². The van der Waals surface area contributed by atoms with Gasteiger partial charge in [0.25, 0.3) is 5.91 Å². The second-order valence-corrected chi connectivity index (χ2v) is 31.8. The van der Waals surface area contributed by atoms with E-state index >= 15 is 0 Å². The van der Waals surface area contributed by atoms with E-state index in [1.54, 1.807) is 123 Å². The fourth-order valence-corrected chi connectivity index (χ4v) is 16.0. The number of benzene rings is 9. The van der Waals surface area contributed by atoms with Crippen LogP contribution in [0, 0.1) is 17.5 Å². The predicted octanol–water partition coefficient (Wildman–Crippen LogP) is 16.9. The highest BCUT2D eigenvalue weighted by molar-refractivity contribution is 7.92. The lowest BCUT2D eigenvalue weighted by atomic mass is 10.0. The molecule has 3 aliphatic heterocycles. The second kappa shape index (κ2) is 31.7. The maximum absolute atomic E-state index is 13.2. The van der Waals surface area contributed by atoms with Gasteiger partial charge in [0.05, 0.1) is 106 Å². The first-order valence-electron chi connectivity index (χ1n) is 34.8. The highest BCUT2D eigenvalue weighted by Crippen LogP contribution is 2.46. The molecule has 30 heteroatoms. The molecular weight excluding hydrogens is 1500 g/mol. The number of carboxylic acid groups (broad SMARTS) is 1. The van der Waals surface area contributed by atoms with Gasteiger partial charge in [0.2, 0.25) is 30.1 Å². The first kappa shape index (κ1) is 77.5. The van der Waals surface area contributed by atoms with Crippen molar-refractivity contribution in [2.24, 2.45) is 0 Å². The highest BCUT2D eigenvalue weighted by atomic mass is 32.2. The van der Waals surface area contributed by atoms with E-state index in [0.717, 1.165) is 18.8 Å². The number of hydrogen-bond donors (Lipinski definition) is 2. The molecule has 0 saturated carbocycles. The van der Waals surface area contributed by atoms with Crippen LogP contribution in [-0.4, -0.2) is 120 Å². The maximum Gasteiger partial charge on any atom is 0.342 e. The van der Waals surface area contributed by atoms with E-state index in [0.29, 0.717) is 124 Å². The average molecular weight is 1580 g/mol. The molecule has 3 aliphatic rings. The van der Waals surface area contributed by atoms with E-state index in [-0.39, 0.29) is 104 Å². The van der Waals surface area contributed by atoms with Gasteiger partial charge in [0, 0.05) is 74.8 Å². The molecular formula is C81H73F3N4O20S3. The Bertz CT molecular complexity index is 5880. The Morgan fingerprint density at radius 1 is 0.432 bits per heavy atom. The lowest BCUT2D eigenvalue weighted by Gasteiger charge is -2.22. The summed E-state index contributed by atoms with van der Waals surface area (Å²) >= 11 is 0. The summed E-state index contributed by atoms with van der Waals surface area (Å²) in [7, 11) is -9.22. The fraction of sp³-hybridized carbons (Fsp3) is 0.222. The van der Waals surface area contributed by atoms with Gasteiger partial charge < -0.3 is 56.8 Å². The molecule has 0 fully saturated rings. The number of ether oxygens (including phenoxy) is 7. The Balaban J connectivity index is 0.000000146. The number of amides is 1. The van der Waals surface area contributed by atoms with Crippen LogP contribution in [0.15, 0.2) is 195 Å². The lowest BCUT2D eigenvalue weighted by molar-refractivity contribution is 0.0527. The topological polar surface area (TPSA) is 300 Å². The molecule has 3 atom stereocenters. The molecule has 0 radical (unpaired) electrons. The molecule has 0 saturated heterocycles. The molecule has 3 aromatic heterocycles. The number of esters is 1. The minimum atomic E-state index is -3.60. The van der Waals surface area contributed by atoms with Gasteiger partial charge in [-0.3, -0.25) is 17.7 Å². The summed E-state index contributed by atoms with van der Waals surface area (Å²) in [4.78, 5) is 38.4. The number of sulfonamides is 3. The molecule has 0 aliphatic carbocycles. The number of aromatic carboxylic acids is 1. The van der Waals surface area contributed by atoms with Crippen molar-refractivity contribution in [3.8, 4) is 68.5 Å². The normalized spacial score (nSPS) is 15.8. The van der Waals surface area contributed by atoms with Crippen molar-refractivity contribution in [2.45, 2.75) is 46.0 Å². The van der Waals surface area contributed by atoms with Crippen LogP contribution in [0.4, 0.5) is 30.2 Å². The Morgan fingerprint density at radius 3 is 0.982 bits per heavy atom. The fourth-order valence-electron chi connectivity index (χ4n) is 13.2. The maximum atomic E-state index is 13.2. The summed E-state index contributed by atoms with van der Waals surface area (Å²) in [5, 5.41) is 14.1. The summed E-state index contributed by atoms with van der Waals surface area (Å²) in [6, 6.07) is 47.3. The van der Waals surface area contributed by atoms with Crippen molar-refractivity contribution in [3.63, 3.8) is 0 Å². The Labute approximate surface area is 636 Å². The van der Waals surface area contributed by atoms with E-state index in [1.165, 1.54) is 92.8 Å². The molecule has 9 aromatic carbocycles. The van der Waals surface area contributed by atoms with Gasteiger partial charge in [0.1, 0.15) is 97.1 Å². The van der Waals surface area contributed by atoms with Gasteiger partial charge in [0.15, 0.2) is 0 Å². The number of carbonyl (C=O) groups excluding carboxylic acids is 2. The third-order valence-electron chi connectivity index (χ3n) is 18.5. The molecule has 2 N–H and O–H groups in total. The van der Waals surface area contributed by atoms with Gasteiger partial charge in [-0.15, -0.1) is 0 Å². The van der Waals surface area contributed by atoms with Crippen molar-refractivity contribution in [1.82, 2.24) is 5.32 Å². The van der Waals surface area contributed by atoms with Crippen LogP contribution in [0.25, 0.3) is 66.9 Å². The first-order valence-corrected chi connectivity index (χ1v) is 40.3. The number of anilines is 3. The molecule has 0 bridgehead atoms. The number of fused-ring (bicyclic) bond motifs is 6. The summed E-state index contributed by atoms with van der Waals surface area (Å²) in [5.74, 6) is 0.489. The van der Waals surface area contributed by atoms with E-state index in [4.69, 9.17) is 46.4 Å². The molecule has 111 heavy (non-hydrogen) atoms. The smallest absolute Gasteiger partial charge is 0.342 e. The van der Waals surface area contributed by atoms with Crippen LogP contribution in [0.3, 0.4) is 0 Å². The third-order valence-corrected chi connectivity index (χ3v) is 22.0. The highest BCUT2D eigenvalue weighted by Gasteiger charge is 2.35. The summed E-state index contributed by atoms with van der Waals surface area (Å²) in [6.45, 7) is 8.49. The summed E-state index contributed by atoms with van der Waals surface area (Å²) in [5.41, 5.74) is 6.35. The number of carboxylic acids is 1. The first-order chi connectivity index (χ1) is 52.9. The predicted molar refractivity (Wildman–Crippen MR) is 410 cm³/mol. The Kier molecular flexibility index (Phi) is 22.2. The van der Waals surface area contributed by atoms with Gasteiger partial charge in [-0.1, -0.05) is 0 Å². The van der Waals surface area contributed by atoms with Crippen molar-refractivity contribution in [3.05, 3.63) is 233 Å². The van der Waals surface area contributed by atoms with E-state index in [2.05, 4.69) is 5.32 Å². The molecule has 1 amide bonds. The number of furan rings is 3. The second-order valence-electron chi connectivity index (χ2n) is 26.0. The van der Waals surface area contributed by atoms with Crippen LogP contribution in [0.1, 0.15) is 93.8 Å². The largest absolute Gasteiger partial charge is 0.478 e. The third kappa shape index (κ3) is 16.8.